The molecular formula is C20H20O4. The number of hydrogen-bond acceptors (Lipinski definition) is 4. The highest BCUT2D eigenvalue weighted by Gasteiger charge is 2.19. The van der Waals surface area contributed by atoms with Gasteiger partial charge in [-0.1, -0.05) is 12.1 Å². The second kappa shape index (κ2) is 6.79. The van der Waals surface area contributed by atoms with Gasteiger partial charge in [-0.05, 0) is 53.8 Å². The molecule has 4 heteroatoms. The minimum absolute atomic E-state index is 0.329. The normalized spacial score (nSPS) is 12.9. The highest BCUT2D eigenvalue weighted by molar-refractivity contribution is 5.93. The number of ether oxygens (including phenoxy) is 3. The van der Waals surface area contributed by atoms with Crippen LogP contribution in [-0.2, 0) is 11.2 Å². The fraction of sp³-hybridized carbons (Fsp3) is 0.250. The third-order valence-corrected chi connectivity index (χ3v) is 4.28. The summed E-state index contributed by atoms with van der Waals surface area (Å²) < 4.78 is 15.7. The van der Waals surface area contributed by atoms with Gasteiger partial charge in [-0.2, -0.15) is 0 Å². The van der Waals surface area contributed by atoms with Gasteiger partial charge in [0.1, 0.15) is 11.5 Å². The number of carbonyl (C=O) groups excluding carboxylic acids is 1. The lowest BCUT2D eigenvalue weighted by atomic mass is 9.85. The van der Waals surface area contributed by atoms with Crippen LogP contribution in [0.15, 0.2) is 42.5 Å². The van der Waals surface area contributed by atoms with Crippen LogP contribution in [0.2, 0.25) is 0 Å². The van der Waals surface area contributed by atoms with Crippen LogP contribution in [0.5, 0.6) is 11.5 Å². The average molecular weight is 324 g/mol. The topological polar surface area (TPSA) is 44.8 Å². The Morgan fingerprint density at radius 2 is 1.79 bits per heavy atom. The van der Waals surface area contributed by atoms with E-state index in [1.54, 1.807) is 14.2 Å². The fourth-order valence-electron chi connectivity index (χ4n) is 3.05. The molecule has 24 heavy (non-hydrogen) atoms. The molecule has 0 aliphatic heterocycles. The molecule has 0 N–H and O–H groups in total. The lowest BCUT2D eigenvalue weighted by Crippen LogP contribution is -2.07. The third-order valence-electron chi connectivity index (χ3n) is 4.28. The van der Waals surface area contributed by atoms with E-state index in [2.05, 4.69) is 6.08 Å². The number of fused-ring (bicyclic) bond motifs is 1. The van der Waals surface area contributed by atoms with Crippen molar-refractivity contribution in [2.75, 3.05) is 21.3 Å². The quantitative estimate of drug-likeness (QED) is 0.801. The van der Waals surface area contributed by atoms with Crippen LogP contribution in [0, 0.1) is 0 Å². The molecule has 1 aliphatic carbocycles. The predicted octanol–water partition coefficient (Wildman–Crippen LogP) is 3.87. The summed E-state index contributed by atoms with van der Waals surface area (Å²) in [5.41, 5.74) is 4.88. The zero-order valence-electron chi connectivity index (χ0n) is 14.1. The molecule has 0 unspecified atom stereocenters. The van der Waals surface area contributed by atoms with Gasteiger partial charge >= 0.3 is 5.97 Å². The van der Waals surface area contributed by atoms with Gasteiger partial charge in [-0.25, -0.2) is 4.79 Å². The van der Waals surface area contributed by atoms with Crippen molar-refractivity contribution in [3.8, 4) is 11.5 Å². The molecule has 1 aliphatic rings. The molecule has 0 heterocycles. The van der Waals surface area contributed by atoms with Crippen molar-refractivity contribution in [3.05, 3.63) is 64.7 Å². The first-order valence-corrected chi connectivity index (χ1v) is 7.82. The van der Waals surface area contributed by atoms with Gasteiger partial charge in [-0.3, -0.25) is 0 Å². The first-order chi connectivity index (χ1) is 11.7. The number of methoxy groups -OCH3 is 3. The van der Waals surface area contributed by atoms with Crippen molar-refractivity contribution in [1.29, 1.82) is 0 Å². The summed E-state index contributed by atoms with van der Waals surface area (Å²) in [7, 11) is 4.67. The molecule has 0 radical (unpaired) electrons. The van der Waals surface area contributed by atoms with E-state index in [0.717, 1.165) is 41.0 Å². The highest BCUT2D eigenvalue weighted by atomic mass is 16.5. The molecular weight excluding hydrogens is 304 g/mol. The molecule has 0 aromatic heterocycles. The van der Waals surface area contributed by atoms with Gasteiger partial charge in [0, 0.05) is 11.6 Å². The Kier molecular flexibility index (Phi) is 4.56. The number of rotatable bonds is 4. The Morgan fingerprint density at radius 3 is 2.50 bits per heavy atom. The minimum atomic E-state index is -0.329. The average Bonchev–Trinajstić information content (AvgIpc) is 2.65. The van der Waals surface area contributed by atoms with Crippen LogP contribution in [0.1, 0.15) is 33.5 Å². The molecule has 0 spiro atoms. The van der Waals surface area contributed by atoms with E-state index < -0.39 is 0 Å². The Balaban J connectivity index is 2.11. The van der Waals surface area contributed by atoms with Gasteiger partial charge in [-0.15, -0.1) is 0 Å². The first kappa shape index (κ1) is 16.1. The number of carbonyl (C=O) groups is 1. The van der Waals surface area contributed by atoms with E-state index in [0.29, 0.717) is 5.56 Å². The van der Waals surface area contributed by atoms with Crippen LogP contribution in [0.25, 0.3) is 5.57 Å². The van der Waals surface area contributed by atoms with Crippen LogP contribution in [-0.4, -0.2) is 27.3 Å². The van der Waals surface area contributed by atoms with Crippen molar-refractivity contribution in [2.45, 2.75) is 12.8 Å². The van der Waals surface area contributed by atoms with Crippen LogP contribution in [0.4, 0.5) is 0 Å². The van der Waals surface area contributed by atoms with Gasteiger partial charge in [0.25, 0.3) is 0 Å². The van der Waals surface area contributed by atoms with Crippen molar-refractivity contribution >= 4 is 11.5 Å². The summed E-state index contributed by atoms with van der Waals surface area (Å²) in [6.07, 6.45) is 4.10. The molecule has 124 valence electrons. The number of esters is 1. The molecule has 0 fully saturated rings. The maximum atomic E-state index is 11.9. The Hall–Kier alpha value is -2.75. The number of aryl methyl sites for hydroxylation is 1. The summed E-state index contributed by atoms with van der Waals surface area (Å²) >= 11 is 0. The second-order valence-electron chi connectivity index (χ2n) is 5.59. The molecule has 0 amide bonds. The largest absolute Gasteiger partial charge is 0.497 e. The van der Waals surface area contributed by atoms with E-state index in [9.17, 15) is 4.79 Å². The molecule has 0 bridgehead atoms. The molecule has 0 saturated heterocycles. The van der Waals surface area contributed by atoms with E-state index in [1.165, 1.54) is 12.7 Å². The number of allylic oxidation sites excluding steroid dienone is 1. The van der Waals surface area contributed by atoms with Crippen LogP contribution in [0.3, 0.4) is 0 Å². The van der Waals surface area contributed by atoms with E-state index >= 15 is 0 Å². The Bertz CT molecular complexity index is 805. The maximum Gasteiger partial charge on any atom is 0.337 e. The summed E-state index contributed by atoms with van der Waals surface area (Å²) in [5, 5.41) is 0. The number of hydrogen-bond donors (Lipinski definition) is 0. The third kappa shape index (κ3) is 2.87. The molecule has 2 aromatic rings. The monoisotopic (exact) mass is 324 g/mol. The van der Waals surface area contributed by atoms with E-state index in [1.807, 2.05) is 36.4 Å². The van der Waals surface area contributed by atoms with E-state index in [-0.39, 0.29) is 5.97 Å². The van der Waals surface area contributed by atoms with Crippen molar-refractivity contribution < 1.29 is 19.0 Å². The fourth-order valence-corrected chi connectivity index (χ4v) is 3.05. The Labute approximate surface area is 141 Å². The summed E-state index contributed by atoms with van der Waals surface area (Å²) in [6, 6.07) is 11.5. The lowest BCUT2D eigenvalue weighted by Gasteiger charge is -2.21. The van der Waals surface area contributed by atoms with Crippen molar-refractivity contribution in [1.82, 2.24) is 0 Å². The summed E-state index contributed by atoms with van der Waals surface area (Å²) in [5.74, 6) is 1.16. The van der Waals surface area contributed by atoms with Gasteiger partial charge in [0.05, 0.1) is 26.9 Å². The van der Waals surface area contributed by atoms with Crippen LogP contribution >= 0.6 is 0 Å². The second-order valence-corrected chi connectivity index (χ2v) is 5.59. The summed E-state index contributed by atoms with van der Waals surface area (Å²) in [4.78, 5) is 11.9. The SMILES string of the molecule is COC(=O)c1ccc2c(c1)C(c1ccc(OC)cc1OC)=CCC2. The smallest absolute Gasteiger partial charge is 0.337 e. The minimum Gasteiger partial charge on any atom is -0.497 e. The molecule has 0 atom stereocenters. The molecule has 3 rings (SSSR count). The lowest BCUT2D eigenvalue weighted by molar-refractivity contribution is 0.0600. The number of benzene rings is 2. The van der Waals surface area contributed by atoms with E-state index in [4.69, 9.17) is 14.2 Å². The van der Waals surface area contributed by atoms with Crippen LogP contribution < -0.4 is 9.47 Å². The van der Waals surface area contributed by atoms with Gasteiger partial charge < -0.3 is 14.2 Å². The Morgan fingerprint density at radius 1 is 0.958 bits per heavy atom. The molecule has 2 aromatic carbocycles. The zero-order chi connectivity index (χ0) is 17.1. The summed E-state index contributed by atoms with van der Waals surface area (Å²) in [6.45, 7) is 0. The molecule has 0 saturated carbocycles. The highest BCUT2D eigenvalue weighted by Crippen LogP contribution is 2.38. The predicted molar refractivity (Wildman–Crippen MR) is 92.7 cm³/mol. The maximum absolute atomic E-state index is 11.9. The van der Waals surface area contributed by atoms with Crippen molar-refractivity contribution in [3.63, 3.8) is 0 Å². The van der Waals surface area contributed by atoms with Gasteiger partial charge in [0.2, 0.25) is 0 Å². The zero-order valence-corrected chi connectivity index (χ0v) is 14.1. The first-order valence-electron chi connectivity index (χ1n) is 7.82. The van der Waals surface area contributed by atoms with Crippen molar-refractivity contribution in [2.24, 2.45) is 0 Å². The standard InChI is InChI=1S/C20H20O4/c1-22-15-9-10-17(19(12-15)23-2)16-6-4-5-13-7-8-14(11-18(13)16)20(21)24-3/h6-12H,4-5H2,1-3H3. The molecule has 4 nitrogen and oxygen atoms in total. The van der Waals surface area contributed by atoms with Gasteiger partial charge in [0.15, 0.2) is 0 Å².